The molecule has 0 bridgehead atoms. The number of methoxy groups -OCH3 is 1. The van der Waals surface area contributed by atoms with Gasteiger partial charge in [-0.2, -0.15) is 0 Å². The van der Waals surface area contributed by atoms with Crippen molar-refractivity contribution < 1.29 is 4.74 Å². The number of nitrogens with zero attached hydrogens (tertiary/aromatic N) is 2. The Kier molecular flexibility index (Phi) is 5.34. The Morgan fingerprint density at radius 2 is 1.69 bits per heavy atom. The van der Waals surface area contributed by atoms with Crippen LogP contribution in [0.4, 0.5) is 17.3 Å². The average molecular weight is 465 g/mol. The molecule has 4 N–H and O–H groups in total. The van der Waals surface area contributed by atoms with Crippen molar-refractivity contribution >= 4 is 62.9 Å². The molecule has 0 radical (unpaired) electrons. The van der Waals surface area contributed by atoms with Crippen LogP contribution in [-0.4, -0.2) is 27.0 Å². The predicted octanol–water partition coefficient (Wildman–Crippen LogP) is 5.32. The Labute approximate surface area is 191 Å². The molecule has 5 aromatic rings. The molecule has 3 aromatic carbocycles. The zero-order chi connectivity index (χ0) is 22.1. The molecular weight excluding hydrogens is 448 g/mol. The summed E-state index contributed by atoms with van der Waals surface area (Å²) in [5.41, 5.74) is 3.33. The maximum atomic E-state index is 11.6. The number of rotatable bonds is 6. The van der Waals surface area contributed by atoms with Crippen molar-refractivity contribution in [3.63, 3.8) is 0 Å². The normalized spacial score (nSPS) is 11.1. The second-order valence-corrected chi connectivity index (χ2v) is 8.21. The van der Waals surface area contributed by atoms with E-state index in [-0.39, 0.29) is 5.69 Å². The molecule has 0 amide bonds. The van der Waals surface area contributed by atoms with Crippen LogP contribution in [0.15, 0.2) is 70.4 Å². The highest BCUT2D eigenvalue weighted by molar-refractivity contribution is 8.00. The number of hydrogen-bond donors (Lipinski definition) is 4. The Balaban J connectivity index is 1.52. The van der Waals surface area contributed by atoms with E-state index in [0.29, 0.717) is 33.4 Å². The van der Waals surface area contributed by atoms with Gasteiger partial charge in [0.05, 0.1) is 29.2 Å². The highest BCUT2D eigenvalue weighted by Crippen LogP contribution is 2.31. The molecule has 0 spiro atoms. The van der Waals surface area contributed by atoms with E-state index in [2.05, 4.69) is 20.0 Å². The van der Waals surface area contributed by atoms with E-state index >= 15 is 0 Å². The van der Waals surface area contributed by atoms with Gasteiger partial charge in [0.25, 0.3) is 0 Å². The molecule has 2 heterocycles. The van der Waals surface area contributed by atoms with Crippen LogP contribution in [-0.2, 0) is 0 Å². The maximum absolute atomic E-state index is 11.6. The molecule has 0 aliphatic rings. The van der Waals surface area contributed by atoms with Gasteiger partial charge in [0, 0.05) is 21.7 Å². The summed E-state index contributed by atoms with van der Waals surface area (Å²) in [5.74, 6) is 1.79. The van der Waals surface area contributed by atoms with E-state index in [0.717, 1.165) is 21.6 Å². The highest BCUT2D eigenvalue weighted by Gasteiger charge is 2.12. The van der Waals surface area contributed by atoms with Crippen LogP contribution in [0.25, 0.3) is 22.1 Å². The van der Waals surface area contributed by atoms with Crippen molar-refractivity contribution in [2.75, 3.05) is 17.1 Å². The van der Waals surface area contributed by atoms with Crippen molar-refractivity contribution in [2.24, 2.45) is 0 Å². The number of hydrogen-bond acceptors (Lipinski definition) is 7. The number of fused-ring (bicyclic) bond motifs is 2. The fraction of sp³-hybridized carbons (Fsp3) is 0.0455. The summed E-state index contributed by atoms with van der Waals surface area (Å²) in [5, 5.41) is 3.98. The number of imidazole rings is 1. The fourth-order valence-electron chi connectivity index (χ4n) is 3.18. The number of ether oxygens (including phenoxy) is 1. The number of anilines is 3. The van der Waals surface area contributed by atoms with E-state index in [4.69, 9.17) is 26.3 Å². The van der Waals surface area contributed by atoms with Crippen molar-refractivity contribution in [1.82, 2.24) is 19.9 Å². The Hall–Kier alpha value is -3.69. The predicted molar refractivity (Wildman–Crippen MR) is 129 cm³/mol. The van der Waals surface area contributed by atoms with Gasteiger partial charge in [-0.1, -0.05) is 11.6 Å². The topological polar surface area (TPSA) is 108 Å². The summed E-state index contributed by atoms with van der Waals surface area (Å²) in [6.45, 7) is 0. The maximum Gasteiger partial charge on any atom is 0.323 e. The molecule has 0 unspecified atom stereocenters. The summed E-state index contributed by atoms with van der Waals surface area (Å²) in [6.07, 6.45) is 0. The third-order valence-electron chi connectivity index (χ3n) is 4.73. The third kappa shape index (κ3) is 4.20. The van der Waals surface area contributed by atoms with Crippen molar-refractivity contribution in [3.05, 3.63) is 76.2 Å². The molecule has 0 atom stereocenters. The lowest BCUT2D eigenvalue weighted by atomic mass is 10.2. The van der Waals surface area contributed by atoms with Gasteiger partial charge in [-0.3, -0.25) is 0 Å². The van der Waals surface area contributed by atoms with Gasteiger partial charge in [0.1, 0.15) is 5.75 Å². The van der Waals surface area contributed by atoms with Crippen LogP contribution in [0.1, 0.15) is 0 Å². The molecule has 10 heteroatoms. The second-order valence-electron chi connectivity index (χ2n) is 6.90. The number of nitrogens with one attached hydrogen (secondary N) is 4. The molecule has 0 fully saturated rings. The molecule has 0 saturated heterocycles. The van der Waals surface area contributed by atoms with Crippen molar-refractivity contribution in [1.29, 1.82) is 0 Å². The van der Waals surface area contributed by atoms with E-state index in [1.165, 1.54) is 11.9 Å². The Morgan fingerprint density at radius 1 is 0.906 bits per heavy atom. The number of aromatic amines is 2. The fourth-order valence-corrected chi connectivity index (χ4v) is 3.93. The summed E-state index contributed by atoms with van der Waals surface area (Å²) in [6, 6.07) is 18.5. The van der Waals surface area contributed by atoms with Gasteiger partial charge in [-0.25, -0.2) is 14.8 Å². The first-order chi connectivity index (χ1) is 15.6. The van der Waals surface area contributed by atoms with E-state index in [1.54, 1.807) is 7.11 Å². The molecule has 0 saturated carbocycles. The molecule has 32 heavy (non-hydrogen) atoms. The van der Waals surface area contributed by atoms with E-state index < -0.39 is 0 Å². The lowest BCUT2D eigenvalue weighted by molar-refractivity contribution is 0.415. The summed E-state index contributed by atoms with van der Waals surface area (Å²) < 4.78 is 8.59. The zero-order valence-corrected chi connectivity index (χ0v) is 18.3. The SMILES string of the molecule is COc1ccc2nc(NSc3ccc(Cl)cc3)c(Nc3ccc4[nH]c(=O)[nH]c4c3)nc2c1. The monoisotopic (exact) mass is 464 g/mol. The van der Waals surface area contributed by atoms with Crippen LogP contribution < -0.4 is 20.5 Å². The van der Waals surface area contributed by atoms with Crippen LogP contribution >= 0.6 is 23.5 Å². The van der Waals surface area contributed by atoms with Gasteiger partial charge in [-0.05, 0) is 66.5 Å². The molecule has 0 aliphatic heterocycles. The van der Waals surface area contributed by atoms with Crippen LogP contribution in [0.2, 0.25) is 5.02 Å². The number of benzene rings is 3. The molecule has 0 aliphatic carbocycles. The summed E-state index contributed by atoms with van der Waals surface area (Å²) >= 11 is 7.38. The Bertz CT molecular complexity index is 1480. The average Bonchev–Trinajstić information content (AvgIpc) is 3.17. The van der Waals surface area contributed by atoms with Crippen LogP contribution in [0.3, 0.4) is 0 Å². The summed E-state index contributed by atoms with van der Waals surface area (Å²) in [7, 11) is 1.61. The molecule has 160 valence electrons. The zero-order valence-electron chi connectivity index (χ0n) is 16.8. The lowest BCUT2D eigenvalue weighted by Crippen LogP contribution is -2.02. The molecular formula is C22H17ClN6O2S. The largest absolute Gasteiger partial charge is 0.497 e. The van der Waals surface area contributed by atoms with Gasteiger partial charge < -0.3 is 24.7 Å². The first-order valence-electron chi connectivity index (χ1n) is 9.61. The van der Waals surface area contributed by atoms with Crippen molar-refractivity contribution in [3.8, 4) is 5.75 Å². The smallest absolute Gasteiger partial charge is 0.323 e. The number of halogens is 1. The second kappa shape index (κ2) is 8.45. The first-order valence-corrected chi connectivity index (χ1v) is 10.8. The van der Waals surface area contributed by atoms with Crippen molar-refractivity contribution in [2.45, 2.75) is 4.90 Å². The molecule has 2 aromatic heterocycles. The van der Waals surface area contributed by atoms with E-state index in [9.17, 15) is 4.79 Å². The van der Waals surface area contributed by atoms with Gasteiger partial charge >= 0.3 is 5.69 Å². The number of H-pyrrole nitrogens is 2. The molecule has 5 rings (SSSR count). The number of aromatic nitrogens is 4. The minimum atomic E-state index is -0.253. The van der Waals surface area contributed by atoms with Gasteiger partial charge in [-0.15, -0.1) is 0 Å². The minimum Gasteiger partial charge on any atom is -0.497 e. The minimum absolute atomic E-state index is 0.253. The lowest BCUT2D eigenvalue weighted by Gasteiger charge is -2.13. The van der Waals surface area contributed by atoms with E-state index in [1.807, 2.05) is 60.7 Å². The highest BCUT2D eigenvalue weighted by atomic mass is 35.5. The molecule has 8 nitrogen and oxygen atoms in total. The third-order valence-corrected chi connectivity index (χ3v) is 5.78. The van der Waals surface area contributed by atoms with Gasteiger partial charge in [0.15, 0.2) is 11.6 Å². The standard InChI is InChI=1S/C22H17ClN6O2S/c1-31-14-5-9-16-19(11-14)26-20(21(25-16)29-32-15-6-2-12(23)3-7-15)24-13-4-8-17-18(10-13)28-22(30)27-17/h2-11H,1H3,(H,24,26)(H,25,29)(H2,27,28,30). The van der Waals surface area contributed by atoms with Crippen LogP contribution in [0.5, 0.6) is 5.75 Å². The summed E-state index contributed by atoms with van der Waals surface area (Å²) in [4.78, 5) is 27.5. The van der Waals surface area contributed by atoms with Gasteiger partial charge in [0.2, 0.25) is 0 Å². The Morgan fingerprint density at radius 3 is 2.50 bits per heavy atom. The quantitative estimate of drug-likeness (QED) is 0.252. The van der Waals surface area contributed by atoms with Crippen LogP contribution in [0, 0.1) is 0 Å². The first kappa shape index (κ1) is 20.2.